The summed E-state index contributed by atoms with van der Waals surface area (Å²) in [6.45, 7) is 4.83. The number of ether oxygens (including phenoxy) is 4. The van der Waals surface area contributed by atoms with Crippen molar-refractivity contribution < 1.29 is 38.4 Å². The summed E-state index contributed by atoms with van der Waals surface area (Å²) in [5.74, 6) is 0.194. The second-order valence-electron chi connectivity index (χ2n) is 12.7. The second-order valence-corrected chi connectivity index (χ2v) is 12.7. The molecule has 5 heterocycles. The maximum absolute atomic E-state index is 13.7. The Labute approximate surface area is 270 Å². The maximum atomic E-state index is 13.7. The molecule has 47 heavy (non-hydrogen) atoms. The lowest BCUT2D eigenvalue weighted by Crippen LogP contribution is -2.68. The molecule has 5 aliphatic rings. The van der Waals surface area contributed by atoms with E-state index in [0.717, 1.165) is 11.1 Å². The molecule has 1 unspecified atom stereocenters. The molecule has 3 aromatic rings. The normalized spacial score (nSPS) is 25.0. The average molecular weight is 637 g/mol. The molecule has 12 nitrogen and oxygen atoms in total. The number of phenols is 1. The minimum absolute atomic E-state index is 0.0265. The van der Waals surface area contributed by atoms with Gasteiger partial charge in [0.25, 0.3) is 11.8 Å². The molecule has 2 N–H and O–H groups in total. The molecule has 240 valence electrons. The Balaban J connectivity index is 1.36. The number of hydrogen-bond donors (Lipinski definition) is 2. The molecule has 8 rings (SSSR count). The predicted octanol–water partition coefficient (Wildman–Crippen LogP) is 3.40. The van der Waals surface area contributed by atoms with Crippen molar-refractivity contribution in [2.24, 2.45) is 0 Å². The minimum Gasteiger partial charge on any atom is -0.504 e. The predicted molar refractivity (Wildman–Crippen MR) is 165 cm³/mol. The summed E-state index contributed by atoms with van der Waals surface area (Å²) in [7, 11) is 1.51. The molecule has 0 saturated carbocycles. The van der Waals surface area contributed by atoms with Crippen LogP contribution in [0.25, 0.3) is 0 Å². The molecule has 2 amide bonds. The van der Waals surface area contributed by atoms with Crippen molar-refractivity contribution in [1.29, 1.82) is 5.26 Å². The van der Waals surface area contributed by atoms with Gasteiger partial charge in [0, 0.05) is 47.8 Å². The number of nitrogens with one attached hydrogen (secondary N) is 1. The van der Waals surface area contributed by atoms with Crippen LogP contribution in [0, 0.1) is 25.2 Å². The Kier molecular flexibility index (Phi) is 6.51. The molecule has 12 heteroatoms. The number of esters is 1. The Morgan fingerprint density at radius 2 is 1.79 bits per heavy atom. The number of aryl methyl sites for hydroxylation is 1. The van der Waals surface area contributed by atoms with Crippen LogP contribution in [0.5, 0.6) is 28.7 Å². The van der Waals surface area contributed by atoms with E-state index in [1.807, 2.05) is 13.0 Å². The number of fused-ring (bicyclic) bond motifs is 10. The topological polar surface area (TPSA) is 151 Å². The molecular weight excluding hydrogens is 604 g/mol. The molecular formula is C35H32N4O8. The van der Waals surface area contributed by atoms with E-state index in [4.69, 9.17) is 18.9 Å². The van der Waals surface area contributed by atoms with Crippen LogP contribution in [-0.4, -0.2) is 71.3 Å². The van der Waals surface area contributed by atoms with E-state index in [-0.39, 0.29) is 25.1 Å². The molecule has 0 aliphatic carbocycles. The van der Waals surface area contributed by atoms with Crippen molar-refractivity contribution in [2.45, 2.75) is 63.8 Å². The smallest absolute Gasteiger partial charge is 0.308 e. The number of benzene rings is 3. The van der Waals surface area contributed by atoms with Gasteiger partial charge < -0.3 is 29.4 Å². The summed E-state index contributed by atoms with van der Waals surface area (Å²) >= 11 is 0. The molecule has 3 aromatic carbocycles. The molecule has 0 spiro atoms. The number of carbonyl (C=O) groups excluding carboxylic acids is 3. The third-order valence-corrected chi connectivity index (χ3v) is 10.2. The van der Waals surface area contributed by atoms with Crippen molar-refractivity contribution in [1.82, 2.24) is 15.1 Å². The molecule has 0 radical (unpaired) electrons. The first-order valence-corrected chi connectivity index (χ1v) is 15.6. The van der Waals surface area contributed by atoms with E-state index in [1.54, 1.807) is 31.2 Å². The first-order valence-electron chi connectivity index (χ1n) is 15.6. The molecule has 5 atom stereocenters. The number of carbonyl (C=O) groups is 3. The van der Waals surface area contributed by atoms with Crippen LogP contribution < -0.4 is 24.3 Å². The van der Waals surface area contributed by atoms with Crippen LogP contribution in [0.1, 0.15) is 73.1 Å². The number of methoxy groups -OCH3 is 1. The van der Waals surface area contributed by atoms with Gasteiger partial charge in [-0.15, -0.1) is 0 Å². The number of phenolic OH excluding ortho intramolecular Hbond substituents is 1. The maximum Gasteiger partial charge on any atom is 0.308 e. The Hall–Kier alpha value is -5.12. The standard InChI is InChI=1S/C35H32N4O8/c1-15-9-18-10-22-24(12-36)39-23(28(37-22)26(18)29(41)30(15)44-4)11-21-27(33-32(45-14-46-33)16(2)31(21)47-17(3)40)25(39)13-38-34(42)19-7-5-6-8-20(19)35(38)43/h5-9,22-25,28,37,41H,10-11,13-14H2,1-4H3/t22?,23-,24-,25-,28-/m0/s1. The van der Waals surface area contributed by atoms with Crippen LogP contribution in [0.2, 0.25) is 0 Å². The lowest BCUT2D eigenvalue weighted by Gasteiger charge is -2.57. The van der Waals surface area contributed by atoms with Gasteiger partial charge in [0.05, 0.1) is 36.4 Å². The van der Waals surface area contributed by atoms with Gasteiger partial charge in [0.1, 0.15) is 11.8 Å². The second kappa shape index (κ2) is 10.4. The number of piperazine rings is 1. The molecule has 1 fully saturated rings. The Bertz CT molecular complexity index is 1930. The Morgan fingerprint density at radius 1 is 1.09 bits per heavy atom. The average Bonchev–Trinajstić information content (AvgIpc) is 3.63. The number of rotatable bonds is 4. The van der Waals surface area contributed by atoms with E-state index in [2.05, 4.69) is 16.3 Å². The van der Waals surface area contributed by atoms with E-state index in [1.165, 1.54) is 18.9 Å². The zero-order valence-corrected chi connectivity index (χ0v) is 26.2. The Morgan fingerprint density at radius 3 is 2.45 bits per heavy atom. The first-order chi connectivity index (χ1) is 22.6. The van der Waals surface area contributed by atoms with Crippen LogP contribution in [0.4, 0.5) is 0 Å². The van der Waals surface area contributed by atoms with Crippen LogP contribution >= 0.6 is 0 Å². The summed E-state index contributed by atoms with van der Waals surface area (Å²) in [5, 5.41) is 26.0. The zero-order valence-electron chi connectivity index (χ0n) is 26.2. The fraction of sp³-hybridized carbons (Fsp3) is 0.371. The van der Waals surface area contributed by atoms with Gasteiger partial charge in [-0.3, -0.25) is 24.2 Å². The van der Waals surface area contributed by atoms with Gasteiger partial charge in [-0.25, -0.2) is 0 Å². The fourth-order valence-corrected chi connectivity index (χ4v) is 8.45. The van der Waals surface area contributed by atoms with E-state index in [0.29, 0.717) is 69.2 Å². The number of nitrogens with zero attached hydrogens (tertiary/aromatic N) is 3. The van der Waals surface area contributed by atoms with Gasteiger partial charge in [-0.1, -0.05) is 18.2 Å². The first kappa shape index (κ1) is 29.3. The van der Waals surface area contributed by atoms with E-state index in [9.17, 15) is 24.8 Å². The van der Waals surface area contributed by atoms with Crippen molar-refractivity contribution in [2.75, 3.05) is 20.4 Å². The summed E-state index contributed by atoms with van der Waals surface area (Å²) in [6, 6.07) is 8.49. The lowest BCUT2D eigenvalue weighted by atomic mass is 9.72. The quantitative estimate of drug-likeness (QED) is 0.246. The molecule has 5 aliphatic heterocycles. The molecule has 1 saturated heterocycles. The van der Waals surface area contributed by atoms with Gasteiger partial charge in [0.15, 0.2) is 23.0 Å². The highest BCUT2D eigenvalue weighted by Gasteiger charge is 2.55. The van der Waals surface area contributed by atoms with Gasteiger partial charge in [-0.05, 0) is 49.9 Å². The zero-order chi connectivity index (χ0) is 32.9. The van der Waals surface area contributed by atoms with Crippen LogP contribution in [-0.2, 0) is 17.6 Å². The van der Waals surface area contributed by atoms with Crippen LogP contribution in [0.15, 0.2) is 30.3 Å². The summed E-state index contributed by atoms with van der Waals surface area (Å²) in [6.07, 6.45) is 0.758. The largest absolute Gasteiger partial charge is 0.504 e. The fourth-order valence-electron chi connectivity index (χ4n) is 8.45. The van der Waals surface area contributed by atoms with Crippen molar-refractivity contribution >= 4 is 17.8 Å². The van der Waals surface area contributed by atoms with Gasteiger partial charge in [0.2, 0.25) is 6.79 Å². The highest BCUT2D eigenvalue weighted by Crippen LogP contribution is 2.57. The van der Waals surface area contributed by atoms with Crippen molar-refractivity contribution in [3.63, 3.8) is 0 Å². The van der Waals surface area contributed by atoms with Crippen molar-refractivity contribution in [3.05, 3.63) is 74.8 Å². The third-order valence-electron chi connectivity index (χ3n) is 10.2. The molecule has 0 aromatic heterocycles. The number of amides is 2. The highest BCUT2D eigenvalue weighted by atomic mass is 16.7. The number of hydrogen-bond acceptors (Lipinski definition) is 11. The minimum atomic E-state index is -0.746. The third kappa shape index (κ3) is 4.03. The SMILES string of the molecule is COc1c(C)cc2c(c1O)[C@H]1NC(C2)[C@H](C#N)N2[C@@H](CN3C(=O)c4ccccc4C3=O)c3c(c(OC(C)=O)c(C)c4c3OCO4)C[C@@H]12. The van der Waals surface area contributed by atoms with Gasteiger partial charge in [-0.2, -0.15) is 5.26 Å². The van der Waals surface area contributed by atoms with Gasteiger partial charge >= 0.3 is 5.97 Å². The van der Waals surface area contributed by atoms with Crippen molar-refractivity contribution in [3.8, 4) is 34.8 Å². The van der Waals surface area contributed by atoms with E-state index < -0.39 is 42.0 Å². The lowest BCUT2D eigenvalue weighted by molar-refractivity contribution is -0.132. The highest BCUT2D eigenvalue weighted by molar-refractivity contribution is 6.21. The monoisotopic (exact) mass is 636 g/mol. The van der Waals surface area contributed by atoms with Crippen LogP contribution in [0.3, 0.4) is 0 Å². The molecule has 2 bridgehead atoms. The summed E-state index contributed by atoms with van der Waals surface area (Å²) < 4.78 is 23.4. The summed E-state index contributed by atoms with van der Waals surface area (Å²) in [5.41, 5.74) is 4.85. The summed E-state index contributed by atoms with van der Waals surface area (Å²) in [4.78, 5) is 43.3. The number of imide groups is 1. The number of aromatic hydroxyl groups is 1. The van der Waals surface area contributed by atoms with E-state index >= 15 is 0 Å². The number of nitriles is 1.